The number of nitrogens with one attached hydrogen (secondary N) is 2. The van der Waals surface area contributed by atoms with Crippen LogP contribution in [0.1, 0.15) is 12.8 Å². The number of rotatable bonds is 7. The lowest BCUT2D eigenvalue weighted by molar-refractivity contribution is 0.195. The summed E-state index contributed by atoms with van der Waals surface area (Å²) >= 11 is 0. The molecule has 0 unspecified atom stereocenters. The van der Waals surface area contributed by atoms with E-state index < -0.39 is 0 Å². The van der Waals surface area contributed by atoms with E-state index in [1.807, 2.05) is 7.05 Å². The molecule has 1 fully saturated rings. The van der Waals surface area contributed by atoms with E-state index in [1.165, 1.54) is 26.1 Å². The average Bonchev–Trinajstić information content (AvgIpc) is 2.66. The first-order chi connectivity index (χ1) is 9.76. The lowest BCUT2D eigenvalue weighted by Gasteiger charge is -2.21. The molecule has 2 N–H and O–H groups in total. The highest BCUT2D eigenvalue weighted by Gasteiger charge is 2.11. The first-order valence-corrected chi connectivity index (χ1v) is 7.60. The van der Waals surface area contributed by atoms with Crippen molar-refractivity contribution in [3.63, 3.8) is 0 Å². The molecule has 1 rings (SSSR count). The minimum absolute atomic E-state index is 0. The molecule has 0 atom stereocenters. The van der Waals surface area contributed by atoms with Gasteiger partial charge in [0, 0.05) is 53.5 Å². The summed E-state index contributed by atoms with van der Waals surface area (Å²) in [6, 6.07) is 0. The molecule has 0 saturated carbocycles. The number of halogens is 1. The van der Waals surface area contributed by atoms with Crippen LogP contribution in [-0.2, 0) is 4.74 Å². The van der Waals surface area contributed by atoms with Gasteiger partial charge in [-0.25, -0.2) is 0 Å². The van der Waals surface area contributed by atoms with Crippen molar-refractivity contribution in [3.05, 3.63) is 0 Å². The quantitative estimate of drug-likeness (QED) is 0.275. The van der Waals surface area contributed by atoms with Crippen LogP contribution in [0.4, 0.5) is 0 Å². The Kier molecular flexibility index (Phi) is 13.5. The molecule has 126 valence electrons. The molecular weight excluding hydrogens is 381 g/mol. The molecule has 0 bridgehead atoms. The molecule has 0 aromatic heterocycles. The van der Waals surface area contributed by atoms with Gasteiger partial charge < -0.3 is 25.2 Å². The van der Waals surface area contributed by atoms with Gasteiger partial charge in [0.1, 0.15) is 0 Å². The molecule has 0 spiro atoms. The maximum absolute atomic E-state index is 5.03. The molecule has 1 aliphatic heterocycles. The van der Waals surface area contributed by atoms with Crippen molar-refractivity contribution in [2.45, 2.75) is 12.8 Å². The molecule has 0 aromatic rings. The Balaban J connectivity index is 0.00000400. The Morgan fingerprint density at radius 1 is 1.14 bits per heavy atom. The van der Waals surface area contributed by atoms with E-state index in [1.54, 1.807) is 7.11 Å². The topological polar surface area (TPSA) is 52.1 Å². The number of methoxy groups -OCH3 is 1. The molecule has 0 radical (unpaired) electrons. The molecule has 1 aliphatic rings. The fourth-order valence-electron chi connectivity index (χ4n) is 2.30. The first-order valence-electron chi connectivity index (χ1n) is 7.60. The van der Waals surface area contributed by atoms with E-state index in [2.05, 4.69) is 32.5 Å². The van der Waals surface area contributed by atoms with E-state index in [9.17, 15) is 0 Å². The molecule has 0 aromatic carbocycles. The molecule has 0 amide bonds. The Morgan fingerprint density at radius 3 is 2.62 bits per heavy atom. The lowest BCUT2D eigenvalue weighted by Crippen LogP contribution is -2.42. The number of hydrogen-bond donors (Lipinski definition) is 2. The van der Waals surface area contributed by atoms with Crippen LogP contribution in [0.5, 0.6) is 0 Å². The van der Waals surface area contributed by atoms with E-state index in [-0.39, 0.29) is 24.0 Å². The van der Waals surface area contributed by atoms with Crippen molar-refractivity contribution in [2.24, 2.45) is 4.99 Å². The largest absolute Gasteiger partial charge is 0.385 e. The van der Waals surface area contributed by atoms with Crippen molar-refractivity contribution in [1.29, 1.82) is 0 Å². The summed E-state index contributed by atoms with van der Waals surface area (Å²) < 4.78 is 5.03. The number of nitrogens with zero attached hydrogens (tertiary/aromatic N) is 3. The number of aliphatic imine (C=N–C) groups is 1. The maximum Gasteiger partial charge on any atom is 0.191 e. The van der Waals surface area contributed by atoms with Crippen LogP contribution < -0.4 is 10.6 Å². The third kappa shape index (κ3) is 10.3. The van der Waals surface area contributed by atoms with Crippen LogP contribution in [0, 0.1) is 0 Å². The summed E-state index contributed by atoms with van der Waals surface area (Å²) in [7, 11) is 5.74. The van der Waals surface area contributed by atoms with Gasteiger partial charge in [0.2, 0.25) is 0 Å². The number of likely N-dealkylation sites (N-methyl/N-ethyl adjacent to an activating group) is 1. The maximum atomic E-state index is 5.03. The molecular formula is C14H32IN5O. The minimum atomic E-state index is 0. The summed E-state index contributed by atoms with van der Waals surface area (Å²) in [4.78, 5) is 9.15. The standard InChI is InChI=1S/C14H31N5O.HI/c1-15-14(16-6-4-13-20-3)17-7-10-19-9-5-8-18(2)11-12-19;/h4-13H2,1-3H3,(H2,15,16,17);1H. The first kappa shape index (κ1) is 20.9. The number of hydrogen-bond acceptors (Lipinski definition) is 4. The third-order valence-electron chi connectivity index (χ3n) is 3.57. The van der Waals surface area contributed by atoms with Gasteiger partial charge >= 0.3 is 0 Å². The zero-order valence-corrected chi connectivity index (χ0v) is 16.1. The van der Waals surface area contributed by atoms with Crippen molar-refractivity contribution in [3.8, 4) is 0 Å². The van der Waals surface area contributed by atoms with Crippen LogP contribution in [0.2, 0.25) is 0 Å². The third-order valence-corrected chi connectivity index (χ3v) is 3.57. The fourth-order valence-corrected chi connectivity index (χ4v) is 2.30. The second-order valence-corrected chi connectivity index (χ2v) is 5.27. The summed E-state index contributed by atoms with van der Waals surface area (Å²) in [5.74, 6) is 0.882. The van der Waals surface area contributed by atoms with E-state index >= 15 is 0 Å². The van der Waals surface area contributed by atoms with E-state index in [0.29, 0.717) is 0 Å². The normalized spacial score (nSPS) is 18.0. The summed E-state index contributed by atoms with van der Waals surface area (Å²) in [6.07, 6.45) is 2.26. The second kappa shape index (κ2) is 13.5. The molecule has 6 nitrogen and oxygen atoms in total. The van der Waals surface area contributed by atoms with Crippen molar-refractivity contribution in [2.75, 3.05) is 73.6 Å². The highest BCUT2D eigenvalue weighted by atomic mass is 127. The lowest BCUT2D eigenvalue weighted by atomic mass is 10.4. The summed E-state index contributed by atoms with van der Waals surface area (Å²) in [5.41, 5.74) is 0. The summed E-state index contributed by atoms with van der Waals surface area (Å²) in [5, 5.41) is 6.66. The zero-order valence-electron chi connectivity index (χ0n) is 13.7. The van der Waals surface area contributed by atoms with Crippen LogP contribution in [0.25, 0.3) is 0 Å². The smallest absolute Gasteiger partial charge is 0.191 e. The van der Waals surface area contributed by atoms with Crippen molar-refractivity contribution < 1.29 is 4.74 Å². The van der Waals surface area contributed by atoms with Gasteiger partial charge in [0.15, 0.2) is 5.96 Å². The van der Waals surface area contributed by atoms with Crippen LogP contribution in [0.15, 0.2) is 4.99 Å². The molecule has 7 heteroatoms. The Labute approximate surface area is 146 Å². The SMILES string of the molecule is CN=C(NCCCOC)NCCN1CCCN(C)CC1.I. The fraction of sp³-hybridized carbons (Fsp3) is 0.929. The molecule has 1 heterocycles. The van der Waals surface area contributed by atoms with Gasteiger partial charge in [0.05, 0.1) is 0 Å². The number of ether oxygens (including phenoxy) is 1. The van der Waals surface area contributed by atoms with E-state index in [0.717, 1.165) is 45.2 Å². The van der Waals surface area contributed by atoms with Gasteiger partial charge in [-0.2, -0.15) is 0 Å². The Bertz CT molecular complexity index is 278. The van der Waals surface area contributed by atoms with Gasteiger partial charge in [-0.3, -0.25) is 4.99 Å². The van der Waals surface area contributed by atoms with Gasteiger partial charge in [-0.15, -0.1) is 24.0 Å². The average molecular weight is 413 g/mol. The van der Waals surface area contributed by atoms with E-state index in [4.69, 9.17) is 4.74 Å². The van der Waals surface area contributed by atoms with Gasteiger partial charge in [-0.1, -0.05) is 0 Å². The predicted octanol–water partition coefficient (Wildman–Crippen LogP) is 0.443. The summed E-state index contributed by atoms with van der Waals surface area (Å²) in [6.45, 7) is 8.44. The van der Waals surface area contributed by atoms with Crippen LogP contribution >= 0.6 is 24.0 Å². The highest BCUT2D eigenvalue weighted by Crippen LogP contribution is 1.99. The number of guanidine groups is 1. The molecule has 21 heavy (non-hydrogen) atoms. The second-order valence-electron chi connectivity index (χ2n) is 5.27. The van der Waals surface area contributed by atoms with Gasteiger partial charge in [0.25, 0.3) is 0 Å². The van der Waals surface area contributed by atoms with Crippen LogP contribution in [0.3, 0.4) is 0 Å². The monoisotopic (exact) mass is 413 g/mol. The van der Waals surface area contributed by atoms with Crippen LogP contribution in [-0.4, -0.2) is 89.4 Å². The Morgan fingerprint density at radius 2 is 1.90 bits per heavy atom. The Hall–Kier alpha value is -0.120. The zero-order chi connectivity index (χ0) is 14.6. The molecule has 0 aliphatic carbocycles. The predicted molar refractivity (Wildman–Crippen MR) is 99.8 cm³/mol. The minimum Gasteiger partial charge on any atom is -0.385 e. The molecule has 1 saturated heterocycles. The van der Waals surface area contributed by atoms with Crippen molar-refractivity contribution >= 4 is 29.9 Å². The van der Waals surface area contributed by atoms with Gasteiger partial charge in [-0.05, 0) is 33.0 Å². The highest BCUT2D eigenvalue weighted by molar-refractivity contribution is 14.0. The van der Waals surface area contributed by atoms with Crippen molar-refractivity contribution in [1.82, 2.24) is 20.4 Å².